The summed E-state index contributed by atoms with van der Waals surface area (Å²) in [7, 11) is 1.41. The molecule has 3 N–H and O–H groups in total. The van der Waals surface area contributed by atoms with Crippen molar-refractivity contribution >= 4 is 34.8 Å². The first-order valence-electron chi connectivity index (χ1n) is 7.87. The average Bonchev–Trinajstić information content (AvgIpc) is 3.03. The van der Waals surface area contributed by atoms with Gasteiger partial charge in [-0.25, -0.2) is 4.98 Å². The number of ether oxygens (including phenoxy) is 2. The van der Waals surface area contributed by atoms with Gasteiger partial charge in [-0.1, -0.05) is 18.5 Å². The minimum Gasteiger partial charge on any atom is -0.493 e. The lowest BCUT2D eigenvalue weighted by Gasteiger charge is -2.16. The van der Waals surface area contributed by atoms with Crippen LogP contribution in [0.3, 0.4) is 0 Å². The Bertz CT molecular complexity index is 809. The molecule has 7 nitrogen and oxygen atoms in total. The maximum atomic E-state index is 12.6. The van der Waals surface area contributed by atoms with Gasteiger partial charge in [0, 0.05) is 16.6 Å². The fourth-order valence-corrected chi connectivity index (χ4v) is 3.44. The summed E-state index contributed by atoms with van der Waals surface area (Å²) in [6, 6.07) is 2.75. The summed E-state index contributed by atoms with van der Waals surface area (Å²) in [4.78, 5) is 27.9. The minimum atomic E-state index is -0.644. The Kier molecular flexibility index (Phi) is 6.82. The first-order chi connectivity index (χ1) is 12.3. The molecule has 0 aliphatic carbocycles. The van der Waals surface area contributed by atoms with Gasteiger partial charge in [0.15, 0.2) is 18.1 Å². The van der Waals surface area contributed by atoms with E-state index in [1.165, 1.54) is 30.6 Å². The molecule has 0 fully saturated rings. The summed E-state index contributed by atoms with van der Waals surface area (Å²) in [6.07, 6.45) is 0.698. The van der Waals surface area contributed by atoms with Gasteiger partial charge in [0.1, 0.15) is 5.01 Å². The quantitative estimate of drug-likeness (QED) is 0.712. The number of hydrogen-bond acceptors (Lipinski definition) is 6. The second kappa shape index (κ2) is 8.86. The number of aryl methyl sites for hydroxylation is 1. The monoisotopic (exact) mass is 397 g/mol. The van der Waals surface area contributed by atoms with E-state index in [0.717, 1.165) is 10.7 Å². The molecule has 140 valence electrons. The number of benzene rings is 1. The fourth-order valence-electron chi connectivity index (χ4n) is 2.25. The lowest BCUT2D eigenvalue weighted by atomic mass is 10.1. The second-order valence-corrected chi connectivity index (χ2v) is 6.80. The standard InChI is InChI=1S/C17H20ClN3O4S/c1-4-12(17-20-9(2)8-26-17)21-16(23)10-5-11(18)15(13(6-10)24-3)25-7-14(19)22/h5-6,8,12H,4,7H2,1-3H3,(H2,19,22)(H,21,23). The number of carbonyl (C=O) groups excluding carboxylic acids is 2. The molecule has 0 aliphatic heterocycles. The Balaban J connectivity index is 2.22. The Morgan fingerprint density at radius 2 is 2.15 bits per heavy atom. The van der Waals surface area contributed by atoms with Crippen molar-refractivity contribution in [2.24, 2.45) is 5.73 Å². The predicted octanol–water partition coefficient (Wildman–Crippen LogP) is 2.86. The molecule has 2 aromatic rings. The van der Waals surface area contributed by atoms with Crippen LogP contribution in [0.4, 0.5) is 0 Å². The highest BCUT2D eigenvalue weighted by Gasteiger charge is 2.20. The van der Waals surface area contributed by atoms with E-state index in [0.29, 0.717) is 12.0 Å². The molecule has 2 amide bonds. The van der Waals surface area contributed by atoms with E-state index >= 15 is 0 Å². The number of nitrogens with one attached hydrogen (secondary N) is 1. The molecule has 1 aromatic carbocycles. The van der Waals surface area contributed by atoms with Gasteiger partial charge in [0.25, 0.3) is 11.8 Å². The van der Waals surface area contributed by atoms with E-state index in [-0.39, 0.29) is 35.1 Å². The fraction of sp³-hybridized carbons (Fsp3) is 0.353. The predicted molar refractivity (Wildman–Crippen MR) is 100 cm³/mol. The average molecular weight is 398 g/mol. The number of hydrogen-bond donors (Lipinski definition) is 2. The van der Waals surface area contributed by atoms with Crippen LogP contribution in [0.5, 0.6) is 11.5 Å². The number of carbonyl (C=O) groups is 2. The van der Waals surface area contributed by atoms with Gasteiger partial charge >= 0.3 is 0 Å². The van der Waals surface area contributed by atoms with Crippen LogP contribution >= 0.6 is 22.9 Å². The van der Waals surface area contributed by atoms with Gasteiger partial charge in [0.05, 0.1) is 18.2 Å². The number of nitrogens with zero attached hydrogens (tertiary/aromatic N) is 1. The highest BCUT2D eigenvalue weighted by atomic mass is 35.5. The smallest absolute Gasteiger partial charge is 0.255 e. The Morgan fingerprint density at radius 3 is 2.69 bits per heavy atom. The zero-order chi connectivity index (χ0) is 19.3. The zero-order valence-corrected chi connectivity index (χ0v) is 16.2. The molecule has 0 radical (unpaired) electrons. The van der Waals surface area contributed by atoms with E-state index in [9.17, 15) is 9.59 Å². The van der Waals surface area contributed by atoms with Crippen molar-refractivity contribution in [2.75, 3.05) is 13.7 Å². The van der Waals surface area contributed by atoms with Gasteiger partial charge in [-0.3, -0.25) is 9.59 Å². The third kappa shape index (κ3) is 4.86. The van der Waals surface area contributed by atoms with Gasteiger partial charge in [0.2, 0.25) is 0 Å². The second-order valence-electron chi connectivity index (χ2n) is 5.51. The molecular formula is C17H20ClN3O4S. The maximum absolute atomic E-state index is 12.6. The van der Waals surface area contributed by atoms with Crippen LogP contribution in [0.15, 0.2) is 17.5 Å². The number of nitrogens with two attached hydrogens (primary N) is 1. The SMILES string of the molecule is CCC(NC(=O)c1cc(Cl)c(OCC(N)=O)c(OC)c1)c1nc(C)cs1. The van der Waals surface area contributed by atoms with E-state index in [2.05, 4.69) is 10.3 Å². The Labute approximate surface area is 160 Å². The molecule has 1 heterocycles. The Hall–Kier alpha value is -2.32. The number of aromatic nitrogens is 1. The molecule has 0 aliphatic rings. The van der Waals surface area contributed by atoms with Crippen LogP contribution in [-0.2, 0) is 4.79 Å². The minimum absolute atomic E-state index is 0.147. The Morgan fingerprint density at radius 1 is 1.42 bits per heavy atom. The van der Waals surface area contributed by atoms with Crippen LogP contribution < -0.4 is 20.5 Å². The van der Waals surface area contributed by atoms with Crippen molar-refractivity contribution in [3.63, 3.8) is 0 Å². The summed E-state index contributed by atoms with van der Waals surface area (Å²) in [5, 5.41) is 5.87. The number of rotatable bonds is 8. The van der Waals surface area contributed by atoms with Crippen LogP contribution in [0.25, 0.3) is 0 Å². The molecule has 0 saturated carbocycles. The molecule has 1 aromatic heterocycles. The lowest BCUT2D eigenvalue weighted by molar-refractivity contribution is -0.119. The first kappa shape index (κ1) is 20.0. The van der Waals surface area contributed by atoms with Crippen LogP contribution in [0.1, 0.15) is 40.4 Å². The third-order valence-electron chi connectivity index (χ3n) is 3.50. The molecule has 9 heteroatoms. The summed E-state index contributed by atoms with van der Waals surface area (Å²) in [5.74, 6) is -0.560. The van der Waals surface area contributed by atoms with Crippen molar-refractivity contribution in [1.29, 1.82) is 0 Å². The number of halogens is 1. The number of thiazole rings is 1. The van der Waals surface area contributed by atoms with Crippen LogP contribution in [-0.4, -0.2) is 30.5 Å². The molecule has 1 unspecified atom stereocenters. The summed E-state index contributed by atoms with van der Waals surface area (Å²) < 4.78 is 10.5. The summed E-state index contributed by atoms with van der Waals surface area (Å²) in [6.45, 7) is 3.53. The van der Waals surface area contributed by atoms with E-state index in [4.69, 9.17) is 26.8 Å². The molecule has 26 heavy (non-hydrogen) atoms. The van der Waals surface area contributed by atoms with Gasteiger partial charge in [-0.05, 0) is 25.5 Å². The highest BCUT2D eigenvalue weighted by molar-refractivity contribution is 7.09. The lowest BCUT2D eigenvalue weighted by Crippen LogP contribution is -2.28. The summed E-state index contributed by atoms with van der Waals surface area (Å²) in [5.41, 5.74) is 6.30. The van der Waals surface area contributed by atoms with Crippen molar-refractivity contribution in [2.45, 2.75) is 26.3 Å². The zero-order valence-electron chi connectivity index (χ0n) is 14.7. The molecule has 0 spiro atoms. The van der Waals surface area contributed by atoms with Crippen LogP contribution in [0, 0.1) is 6.92 Å². The van der Waals surface area contributed by atoms with Crippen molar-refractivity contribution in [3.8, 4) is 11.5 Å². The third-order valence-corrected chi connectivity index (χ3v) is 4.86. The number of amides is 2. The number of methoxy groups -OCH3 is 1. The van der Waals surface area contributed by atoms with E-state index < -0.39 is 5.91 Å². The molecular weight excluding hydrogens is 378 g/mol. The van der Waals surface area contributed by atoms with Crippen molar-refractivity contribution < 1.29 is 19.1 Å². The normalized spacial score (nSPS) is 11.7. The van der Waals surface area contributed by atoms with E-state index in [1.807, 2.05) is 19.2 Å². The van der Waals surface area contributed by atoms with Gasteiger partial charge in [-0.2, -0.15) is 0 Å². The largest absolute Gasteiger partial charge is 0.493 e. The first-order valence-corrected chi connectivity index (χ1v) is 9.13. The number of primary amides is 1. The van der Waals surface area contributed by atoms with E-state index in [1.54, 1.807) is 0 Å². The van der Waals surface area contributed by atoms with Crippen LogP contribution in [0.2, 0.25) is 5.02 Å². The topological polar surface area (TPSA) is 104 Å². The maximum Gasteiger partial charge on any atom is 0.255 e. The molecule has 0 bridgehead atoms. The highest BCUT2D eigenvalue weighted by Crippen LogP contribution is 2.36. The summed E-state index contributed by atoms with van der Waals surface area (Å²) >= 11 is 7.69. The van der Waals surface area contributed by atoms with Crippen molar-refractivity contribution in [3.05, 3.63) is 38.8 Å². The molecule has 2 rings (SSSR count). The van der Waals surface area contributed by atoms with Gasteiger partial charge in [-0.15, -0.1) is 11.3 Å². The van der Waals surface area contributed by atoms with Gasteiger partial charge < -0.3 is 20.5 Å². The molecule has 1 atom stereocenters. The molecule has 0 saturated heterocycles. The van der Waals surface area contributed by atoms with Crippen molar-refractivity contribution in [1.82, 2.24) is 10.3 Å².